The molecule has 1 atom stereocenters. The van der Waals surface area contributed by atoms with Gasteiger partial charge in [-0.05, 0) is 44.6 Å². The third kappa shape index (κ3) is 3.80. The third-order valence-electron chi connectivity index (χ3n) is 4.56. The number of nitrogens with one attached hydrogen (secondary N) is 1. The van der Waals surface area contributed by atoms with Crippen LogP contribution in [0.1, 0.15) is 47.0 Å². The fourth-order valence-electron chi connectivity index (χ4n) is 3.36. The summed E-state index contributed by atoms with van der Waals surface area (Å²) in [5.41, 5.74) is 0.854. The number of carbonyl (C=O) groups is 2. The summed E-state index contributed by atoms with van der Waals surface area (Å²) < 4.78 is 28.2. The maximum absolute atomic E-state index is 12.2. The number of rotatable bonds is 4. The van der Waals surface area contributed by atoms with Crippen LogP contribution < -0.4 is 5.32 Å². The van der Waals surface area contributed by atoms with E-state index < -0.39 is 27.3 Å². The van der Waals surface area contributed by atoms with Gasteiger partial charge in [0.1, 0.15) is 0 Å². The second kappa shape index (κ2) is 6.48. The quantitative estimate of drug-likeness (QED) is 0.810. The number of fused-ring (bicyclic) bond motifs is 1. The summed E-state index contributed by atoms with van der Waals surface area (Å²) in [6.07, 6.45) is 4.47. The van der Waals surface area contributed by atoms with E-state index in [1.807, 2.05) is 0 Å². The molecule has 0 saturated carbocycles. The second-order valence-corrected chi connectivity index (χ2v) is 9.93. The Hall–Kier alpha value is -1.41. The number of ether oxygens (including phenoxy) is 1. The van der Waals surface area contributed by atoms with E-state index in [1.54, 1.807) is 23.6 Å². The minimum atomic E-state index is -3.10. The number of carbonyl (C=O) groups excluding carboxylic acids is 2. The van der Waals surface area contributed by atoms with Gasteiger partial charge >= 0.3 is 5.97 Å². The summed E-state index contributed by atoms with van der Waals surface area (Å²) in [5, 5.41) is 4.49. The average Bonchev–Trinajstić information content (AvgIpc) is 3.05. The van der Waals surface area contributed by atoms with Gasteiger partial charge < -0.3 is 10.1 Å². The molecule has 6 nitrogen and oxygen atoms in total. The molecular weight excluding hydrogens is 350 g/mol. The lowest BCUT2D eigenvalue weighted by molar-refractivity contribution is -0.125. The van der Waals surface area contributed by atoms with Crippen molar-refractivity contribution >= 4 is 33.1 Å². The smallest absolute Gasteiger partial charge is 0.339 e. The van der Waals surface area contributed by atoms with Crippen LogP contribution in [0.2, 0.25) is 0 Å². The number of hydrogen-bond donors (Lipinski definition) is 1. The van der Waals surface area contributed by atoms with E-state index in [-0.39, 0.29) is 18.1 Å². The molecule has 0 aromatic carbocycles. The van der Waals surface area contributed by atoms with Crippen molar-refractivity contribution in [3.05, 3.63) is 21.4 Å². The van der Waals surface area contributed by atoms with Crippen molar-refractivity contribution in [3.63, 3.8) is 0 Å². The van der Waals surface area contributed by atoms with Crippen molar-refractivity contribution in [2.24, 2.45) is 0 Å². The number of hydrogen-bond acceptors (Lipinski definition) is 6. The predicted molar refractivity (Wildman–Crippen MR) is 91.1 cm³/mol. The fraction of sp³-hybridized carbons (Fsp3) is 0.625. The number of thiophene rings is 1. The maximum atomic E-state index is 12.2. The van der Waals surface area contributed by atoms with Gasteiger partial charge in [0.05, 0.1) is 22.6 Å². The van der Waals surface area contributed by atoms with Gasteiger partial charge in [0, 0.05) is 10.3 Å². The zero-order valence-corrected chi connectivity index (χ0v) is 15.2. The van der Waals surface area contributed by atoms with Crippen molar-refractivity contribution in [1.82, 2.24) is 5.32 Å². The lowest BCUT2D eigenvalue weighted by Crippen LogP contribution is -2.48. The van der Waals surface area contributed by atoms with Crippen LogP contribution in [0, 0.1) is 0 Å². The van der Waals surface area contributed by atoms with E-state index in [4.69, 9.17) is 4.74 Å². The number of amides is 1. The molecule has 1 N–H and O–H groups in total. The monoisotopic (exact) mass is 371 g/mol. The normalized spacial score (nSPS) is 25.0. The lowest BCUT2D eigenvalue weighted by Gasteiger charge is -2.23. The molecule has 0 unspecified atom stereocenters. The summed E-state index contributed by atoms with van der Waals surface area (Å²) in [5.74, 6) is -0.941. The first-order valence-corrected chi connectivity index (χ1v) is 10.8. The summed E-state index contributed by atoms with van der Waals surface area (Å²) in [7, 11) is -3.10. The second-order valence-electron chi connectivity index (χ2n) is 6.79. The van der Waals surface area contributed by atoms with Crippen molar-refractivity contribution in [2.75, 3.05) is 18.1 Å². The van der Waals surface area contributed by atoms with Crippen LogP contribution in [0.15, 0.2) is 5.38 Å². The first kappa shape index (κ1) is 17.4. The molecule has 0 spiro atoms. The highest BCUT2D eigenvalue weighted by Gasteiger charge is 2.39. The van der Waals surface area contributed by atoms with Crippen LogP contribution >= 0.6 is 11.3 Å². The average molecular weight is 371 g/mol. The third-order valence-corrected chi connectivity index (χ3v) is 7.55. The number of sulfone groups is 1. The van der Waals surface area contributed by atoms with Crippen LogP contribution in [0.3, 0.4) is 0 Å². The van der Waals surface area contributed by atoms with E-state index in [1.165, 1.54) is 4.88 Å². The zero-order valence-electron chi connectivity index (χ0n) is 13.6. The number of aryl methyl sites for hydroxylation is 1. The van der Waals surface area contributed by atoms with E-state index in [9.17, 15) is 18.0 Å². The number of esters is 1. The Morgan fingerprint density at radius 1 is 1.33 bits per heavy atom. The molecule has 1 saturated heterocycles. The van der Waals surface area contributed by atoms with E-state index in [0.717, 1.165) is 31.2 Å². The van der Waals surface area contributed by atoms with Crippen molar-refractivity contribution in [2.45, 2.75) is 44.6 Å². The van der Waals surface area contributed by atoms with Gasteiger partial charge in [0.15, 0.2) is 16.4 Å². The van der Waals surface area contributed by atoms with Crippen LogP contribution in [-0.2, 0) is 32.2 Å². The minimum Gasteiger partial charge on any atom is -0.452 e. The molecule has 3 rings (SSSR count). The minimum absolute atomic E-state index is 0.0717. The lowest BCUT2D eigenvalue weighted by atomic mass is 9.96. The van der Waals surface area contributed by atoms with Crippen LogP contribution in [-0.4, -0.2) is 43.9 Å². The Kier molecular flexibility index (Phi) is 4.70. The molecule has 1 aromatic rings. The van der Waals surface area contributed by atoms with Gasteiger partial charge in [-0.15, -0.1) is 11.3 Å². The molecule has 1 amide bonds. The molecule has 132 valence electrons. The largest absolute Gasteiger partial charge is 0.452 e. The Balaban J connectivity index is 1.55. The van der Waals surface area contributed by atoms with Crippen molar-refractivity contribution < 1.29 is 22.7 Å². The van der Waals surface area contributed by atoms with Gasteiger partial charge in [-0.1, -0.05) is 0 Å². The van der Waals surface area contributed by atoms with E-state index in [2.05, 4.69) is 5.32 Å². The van der Waals surface area contributed by atoms with Gasteiger partial charge in [0.2, 0.25) is 0 Å². The molecule has 1 aliphatic carbocycles. The van der Waals surface area contributed by atoms with Crippen LogP contribution in [0.25, 0.3) is 0 Å². The molecule has 24 heavy (non-hydrogen) atoms. The Bertz CT molecular complexity index is 767. The van der Waals surface area contributed by atoms with E-state index >= 15 is 0 Å². The SMILES string of the molecule is C[C@@]1(NC(=O)COC(=O)c2csc3c2CCCC3)CCS(=O)(=O)C1. The van der Waals surface area contributed by atoms with Crippen LogP contribution in [0.4, 0.5) is 0 Å². The summed E-state index contributed by atoms with van der Waals surface area (Å²) in [6.45, 7) is 1.31. The first-order valence-electron chi connectivity index (χ1n) is 8.06. The van der Waals surface area contributed by atoms with Gasteiger partial charge in [-0.25, -0.2) is 13.2 Å². The van der Waals surface area contributed by atoms with Gasteiger partial charge in [0.25, 0.3) is 5.91 Å². The standard InChI is InChI=1S/C16H21NO5S2/c1-16(6-7-24(20,21)10-16)17-14(18)8-22-15(19)12-9-23-13-5-3-2-4-11(12)13/h9H,2-8,10H2,1H3,(H,17,18)/t16-/m1/s1. The Morgan fingerprint density at radius 2 is 2.08 bits per heavy atom. The highest BCUT2D eigenvalue weighted by atomic mass is 32.2. The summed E-state index contributed by atoms with van der Waals surface area (Å²) >= 11 is 1.57. The molecule has 0 radical (unpaired) electrons. The molecule has 1 aliphatic heterocycles. The maximum Gasteiger partial charge on any atom is 0.339 e. The molecule has 1 aromatic heterocycles. The molecule has 2 aliphatic rings. The predicted octanol–water partition coefficient (Wildman–Crippen LogP) is 1.48. The first-order chi connectivity index (χ1) is 11.3. The molecule has 0 bridgehead atoms. The molecule has 8 heteroatoms. The molecular formula is C16H21NO5S2. The summed E-state index contributed by atoms with van der Waals surface area (Å²) in [4.78, 5) is 25.4. The van der Waals surface area contributed by atoms with Gasteiger partial charge in [-0.3, -0.25) is 4.79 Å². The fourth-order valence-corrected chi connectivity index (χ4v) is 6.56. The highest BCUT2D eigenvalue weighted by Crippen LogP contribution is 2.30. The van der Waals surface area contributed by atoms with Crippen LogP contribution in [0.5, 0.6) is 0 Å². The topological polar surface area (TPSA) is 89.5 Å². The highest BCUT2D eigenvalue weighted by molar-refractivity contribution is 7.91. The Morgan fingerprint density at radius 3 is 2.79 bits per heavy atom. The molecule has 2 heterocycles. The zero-order chi connectivity index (χ0) is 17.4. The van der Waals surface area contributed by atoms with Gasteiger partial charge in [-0.2, -0.15) is 0 Å². The van der Waals surface area contributed by atoms with E-state index in [0.29, 0.717) is 12.0 Å². The molecule has 1 fully saturated rings. The summed E-state index contributed by atoms with van der Waals surface area (Å²) in [6, 6.07) is 0. The Labute approximate surface area is 145 Å². The van der Waals surface area contributed by atoms with Crippen molar-refractivity contribution in [3.8, 4) is 0 Å². The van der Waals surface area contributed by atoms with Crippen molar-refractivity contribution in [1.29, 1.82) is 0 Å².